The van der Waals surface area contributed by atoms with Gasteiger partial charge in [-0.05, 0) is 31.5 Å². The smallest absolute Gasteiger partial charge is 0.329 e. The number of halogens is 1. The topological polar surface area (TPSA) is 61.8 Å². The summed E-state index contributed by atoms with van der Waals surface area (Å²) in [6.07, 6.45) is 1.49. The minimum absolute atomic E-state index is 0.499. The third-order valence-electron chi connectivity index (χ3n) is 2.49. The van der Waals surface area contributed by atoms with E-state index < -0.39 is 11.8 Å². The Hall–Kier alpha value is -1.69. The second-order valence-electron chi connectivity index (χ2n) is 3.73. The quantitative estimate of drug-likeness (QED) is 0.521. The Morgan fingerprint density at radius 3 is 2.37 bits per heavy atom. The molecule has 0 spiro atoms. The van der Waals surface area contributed by atoms with Crippen LogP contribution in [0.2, 0.25) is 0 Å². The van der Waals surface area contributed by atoms with Crippen LogP contribution in [0.25, 0.3) is 0 Å². The lowest BCUT2D eigenvalue weighted by molar-refractivity contribution is -0.145. The van der Waals surface area contributed by atoms with Crippen molar-refractivity contribution in [1.29, 1.82) is 0 Å². The molecule has 1 rings (SSSR count). The zero-order valence-electron chi connectivity index (χ0n) is 10.9. The first kappa shape index (κ1) is 15.4. The Morgan fingerprint density at radius 1 is 1.26 bits per heavy atom. The maximum Gasteiger partial charge on any atom is 0.329 e. The van der Waals surface area contributed by atoms with E-state index in [0.717, 1.165) is 10.0 Å². The van der Waals surface area contributed by atoms with Crippen molar-refractivity contribution in [2.75, 3.05) is 13.1 Å². The zero-order chi connectivity index (χ0) is 14.3. The molecule has 0 aliphatic carbocycles. The summed E-state index contributed by atoms with van der Waals surface area (Å²) in [6.45, 7) is 4.64. The van der Waals surface area contributed by atoms with Crippen molar-refractivity contribution in [3.05, 3.63) is 34.3 Å². The summed E-state index contributed by atoms with van der Waals surface area (Å²) in [6, 6.07) is 7.41. The fourth-order valence-corrected chi connectivity index (χ4v) is 1.68. The Kier molecular flexibility index (Phi) is 6.21. The largest absolute Gasteiger partial charge is 0.335 e. The molecular formula is C13H16BrN3O2. The van der Waals surface area contributed by atoms with Gasteiger partial charge in [-0.15, -0.1) is 0 Å². The van der Waals surface area contributed by atoms with E-state index in [2.05, 4.69) is 26.5 Å². The highest BCUT2D eigenvalue weighted by Gasteiger charge is 2.18. The Bertz CT molecular complexity index is 467. The second-order valence-corrected chi connectivity index (χ2v) is 4.64. The first-order valence-electron chi connectivity index (χ1n) is 5.96. The number of nitrogens with one attached hydrogen (secondary N) is 1. The molecule has 5 nitrogen and oxygen atoms in total. The van der Waals surface area contributed by atoms with Crippen LogP contribution in [0.5, 0.6) is 0 Å². The number of carbonyl (C=O) groups is 2. The average Bonchev–Trinajstić information content (AvgIpc) is 2.42. The predicted molar refractivity (Wildman–Crippen MR) is 77.8 cm³/mol. The molecule has 0 aliphatic heterocycles. The molecule has 0 atom stereocenters. The molecule has 1 aromatic carbocycles. The molecule has 0 heterocycles. The van der Waals surface area contributed by atoms with Crippen LogP contribution in [0.1, 0.15) is 19.4 Å². The van der Waals surface area contributed by atoms with Crippen molar-refractivity contribution in [1.82, 2.24) is 10.3 Å². The van der Waals surface area contributed by atoms with E-state index in [0.29, 0.717) is 13.1 Å². The minimum atomic E-state index is -0.725. The lowest BCUT2D eigenvalue weighted by Crippen LogP contribution is -2.41. The van der Waals surface area contributed by atoms with Gasteiger partial charge in [0.2, 0.25) is 0 Å². The highest BCUT2D eigenvalue weighted by molar-refractivity contribution is 9.10. The Labute approximate surface area is 120 Å². The van der Waals surface area contributed by atoms with Crippen molar-refractivity contribution in [3.63, 3.8) is 0 Å². The van der Waals surface area contributed by atoms with E-state index in [1.54, 1.807) is 0 Å². The zero-order valence-corrected chi connectivity index (χ0v) is 12.5. The molecule has 1 N–H and O–H groups in total. The molecular weight excluding hydrogens is 310 g/mol. The van der Waals surface area contributed by atoms with Gasteiger partial charge in [-0.2, -0.15) is 5.10 Å². The van der Waals surface area contributed by atoms with Crippen molar-refractivity contribution in [2.24, 2.45) is 5.10 Å². The minimum Gasteiger partial charge on any atom is -0.335 e. The number of hydrazone groups is 1. The van der Waals surface area contributed by atoms with Crippen molar-refractivity contribution in [2.45, 2.75) is 13.8 Å². The maximum atomic E-state index is 11.6. The number of carbonyl (C=O) groups excluding carboxylic acids is 2. The van der Waals surface area contributed by atoms with E-state index >= 15 is 0 Å². The molecule has 19 heavy (non-hydrogen) atoms. The fourth-order valence-electron chi connectivity index (χ4n) is 1.42. The normalized spacial score (nSPS) is 10.5. The van der Waals surface area contributed by atoms with Gasteiger partial charge in [-0.1, -0.05) is 28.1 Å². The van der Waals surface area contributed by atoms with E-state index in [-0.39, 0.29) is 0 Å². The van der Waals surface area contributed by atoms with Gasteiger partial charge in [0.25, 0.3) is 0 Å². The number of hydrogen-bond acceptors (Lipinski definition) is 3. The average molecular weight is 326 g/mol. The predicted octanol–water partition coefficient (Wildman–Crippen LogP) is 1.77. The van der Waals surface area contributed by atoms with Crippen LogP contribution in [0, 0.1) is 0 Å². The molecule has 0 unspecified atom stereocenters. The summed E-state index contributed by atoms with van der Waals surface area (Å²) >= 11 is 3.32. The third kappa shape index (κ3) is 4.82. The van der Waals surface area contributed by atoms with Gasteiger partial charge in [0.05, 0.1) is 6.21 Å². The number of hydrogen-bond donors (Lipinski definition) is 1. The first-order chi connectivity index (χ1) is 9.08. The lowest BCUT2D eigenvalue weighted by Gasteiger charge is -2.16. The monoisotopic (exact) mass is 325 g/mol. The highest BCUT2D eigenvalue weighted by Crippen LogP contribution is 2.08. The van der Waals surface area contributed by atoms with E-state index in [9.17, 15) is 9.59 Å². The van der Waals surface area contributed by atoms with E-state index in [4.69, 9.17) is 0 Å². The SMILES string of the molecule is CCN(CC)C(=O)C(=O)N/N=C/c1ccc(Br)cc1. The Morgan fingerprint density at radius 2 is 1.84 bits per heavy atom. The van der Waals surface area contributed by atoms with Gasteiger partial charge in [0.15, 0.2) is 0 Å². The van der Waals surface area contributed by atoms with E-state index in [1.165, 1.54) is 11.1 Å². The molecule has 0 radical (unpaired) electrons. The van der Waals surface area contributed by atoms with Crippen LogP contribution in [-0.2, 0) is 9.59 Å². The summed E-state index contributed by atoms with van der Waals surface area (Å²) in [5.41, 5.74) is 3.05. The number of likely N-dealkylation sites (N-methyl/N-ethyl adjacent to an activating group) is 1. The van der Waals surface area contributed by atoms with Crippen molar-refractivity contribution in [3.8, 4) is 0 Å². The molecule has 0 aliphatic rings. The summed E-state index contributed by atoms with van der Waals surface area (Å²) in [5.74, 6) is -1.30. The number of nitrogens with zero attached hydrogens (tertiary/aromatic N) is 2. The summed E-state index contributed by atoms with van der Waals surface area (Å²) in [7, 11) is 0. The number of benzene rings is 1. The van der Waals surface area contributed by atoms with Crippen molar-refractivity contribution < 1.29 is 9.59 Å². The van der Waals surface area contributed by atoms with Crippen LogP contribution in [0.15, 0.2) is 33.8 Å². The molecule has 0 saturated carbocycles. The molecule has 6 heteroatoms. The van der Waals surface area contributed by atoms with E-state index in [1.807, 2.05) is 38.1 Å². The molecule has 0 aromatic heterocycles. The van der Waals surface area contributed by atoms with Gasteiger partial charge in [0.1, 0.15) is 0 Å². The number of amides is 2. The van der Waals surface area contributed by atoms with Crippen LogP contribution >= 0.6 is 15.9 Å². The molecule has 0 fully saturated rings. The van der Waals surface area contributed by atoms with Gasteiger partial charge >= 0.3 is 11.8 Å². The van der Waals surface area contributed by atoms with Gasteiger partial charge in [0, 0.05) is 17.6 Å². The van der Waals surface area contributed by atoms with Crippen LogP contribution in [0.4, 0.5) is 0 Å². The molecule has 2 amide bonds. The summed E-state index contributed by atoms with van der Waals surface area (Å²) in [5, 5.41) is 3.76. The second kappa shape index (κ2) is 7.68. The van der Waals surface area contributed by atoms with Gasteiger partial charge in [-0.3, -0.25) is 9.59 Å². The van der Waals surface area contributed by atoms with Crippen molar-refractivity contribution >= 4 is 34.0 Å². The standard InChI is InChI=1S/C13H16BrN3O2/c1-3-17(4-2)13(19)12(18)16-15-9-10-5-7-11(14)8-6-10/h5-9H,3-4H2,1-2H3,(H,16,18)/b15-9+. The highest BCUT2D eigenvalue weighted by atomic mass is 79.9. The van der Waals surface area contributed by atoms with Crippen LogP contribution < -0.4 is 5.43 Å². The molecule has 1 aromatic rings. The first-order valence-corrected chi connectivity index (χ1v) is 6.75. The van der Waals surface area contributed by atoms with Gasteiger partial charge < -0.3 is 4.90 Å². The fraction of sp³-hybridized carbons (Fsp3) is 0.308. The molecule has 0 saturated heterocycles. The lowest BCUT2D eigenvalue weighted by atomic mass is 10.2. The summed E-state index contributed by atoms with van der Waals surface area (Å²) < 4.78 is 0.963. The number of rotatable bonds is 4. The molecule has 0 bridgehead atoms. The van der Waals surface area contributed by atoms with Crippen LogP contribution in [0.3, 0.4) is 0 Å². The maximum absolute atomic E-state index is 11.6. The Balaban J connectivity index is 2.54. The van der Waals surface area contributed by atoms with Gasteiger partial charge in [-0.25, -0.2) is 5.43 Å². The third-order valence-corrected chi connectivity index (χ3v) is 3.02. The summed E-state index contributed by atoms with van der Waals surface area (Å²) in [4.78, 5) is 24.6. The molecule has 102 valence electrons. The van der Waals surface area contributed by atoms with Crippen LogP contribution in [-0.4, -0.2) is 36.0 Å².